The van der Waals surface area contributed by atoms with E-state index in [4.69, 9.17) is 10.00 Å². The normalized spacial score (nSPS) is 30.2. The van der Waals surface area contributed by atoms with Crippen LogP contribution in [-0.4, -0.2) is 18.2 Å². The molecule has 2 aliphatic rings. The molecular weight excluding hydrogens is 212 g/mol. The quantitative estimate of drug-likeness (QED) is 0.846. The molecule has 3 rings (SSSR count). The van der Waals surface area contributed by atoms with Crippen molar-refractivity contribution in [3.05, 3.63) is 29.3 Å². The molecule has 1 N–H and O–H groups in total. The van der Waals surface area contributed by atoms with Gasteiger partial charge in [-0.25, -0.2) is 0 Å². The predicted molar refractivity (Wildman–Crippen MR) is 65.8 cm³/mol. The zero-order valence-corrected chi connectivity index (χ0v) is 9.94. The zero-order valence-electron chi connectivity index (χ0n) is 9.94. The molecule has 0 aromatic heterocycles. The number of nitrogens with one attached hydrogen (secondary N) is 1. The Balaban J connectivity index is 1.79. The summed E-state index contributed by atoms with van der Waals surface area (Å²) in [5, 5.41) is 12.6. The monoisotopic (exact) mass is 228 g/mol. The molecule has 0 aliphatic carbocycles. The SMILES string of the molecule is Cc1ccc(NC2CC3CCC2O3)c(C#N)c1. The maximum atomic E-state index is 9.13. The van der Waals surface area contributed by atoms with Crippen LogP contribution in [-0.2, 0) is 4.74 Å². The van der Waals surface area contributed by atoms with Crippen molar-refractivity contribution in [3.63, 3.8) is 0 Å². The van der Waals surface area contributed by atoms with Crippen LogP contribution in [0.25, 0.3) is 0 Å². The van der Waals surface area contributed by atoms with Gasteiger partial charge in [-0.05, 0) is 43.9 Å². The molecule has 3 atom stereocenters. The van der Waals surface area contributed by atoms with Gasteiger partial charge in [0.05, 0.1) is 29.5 Å². The van der Waals surface area contributed by atoms with Gasteiger partial charge in [0, 0.05) is 0 Å². The summed E-state index contributed by atoms with van der Waals surface area (Å²) < 4.78 is 5.81. The van der Waals surface area contributed by atoms with E-state index in [0.29, 0.717) is 18.2 Å². The van der Waals surface area contributed by atoms with Crippen LogP contribution in [0.1, 0.15) is 30.4 Å². The molecule has 1 aromatic rings. The number of rotatable bonds is 2. The summed E-state index contributed by atoms with van der Waals surface area (Å²) in [5.74, 6) is 0. The highest BCUT2D eigenvalue weighted by molar-refractivity contribution is 5.59. The van der Waals surface area contributed by atoms with Crippen molar-refractivity contribution in [1.82, 2.24) is 0 Å². The average Bonchev–Trinajstić information content (AvgIpc) is 2.93. The van der Waals surface area contributed by atoms with Crippen molar-refractivity contribution in [2.45, 2.75) is 44.4 Å². The van der Waals surface area contributed by atoms with E-state index in [2.05, 4.69) is 11.4 Å². The van der Waals surface area contributed by atoms with E-state index in [1.807, 2.05) is 25.1 Å². The number of ether oxygens (including phenoxy) is 1. The van der Waals surface area contributed by atoms with Gasteiger partial charge in [-0.1, -0.05) is 6.07 Å². The number of hydrogen-bond acceptors (Lipinski definition) is 3. The van der Waals surface area contributed by atoms with Gasteiger partial charge in [-0.15, -0.1) is 0 Å². The molecule has 2 aliphatic heterocycles. The van der Waals surface area contributed by atoms with E-state index < -0.39 is 0 Å². The third kappa shape index (κ3) is 1.89. The molecule has 0 radical (unpaired) electrons. The van der Waals surface area contributed by atoms with Gasteiger partial charge in [-0.2, -0.15) is 5.26 Å². The molecule has 0 spiro atoms. The Labute approximate surface area is 101 Å². The van der Waals surface area contributed by atoms with Crippen LogP contribution in [0.15, 0.2) is 18.2 Å². The van der Waals surface area contributed by atoms with Crippen LogP contribution < -0.4 is 5.32 Å². The fraction of sp³-hybridized carbons (Fsp3) is 0.500. The van der Waals surface area contributed by atoms with E-state index in [0.717, 1.165) is 29.7 Å². The predicted octanol–water partition coefficient (Wildman–Crippen LogP) is 2.60. The molecule has 2 fully saturated rings. The summed E-state index contributed by atoms with van der Waals surface area (Å²) in [6.07, 6.45) is 4.20. The maximum absolute atomic E-state index is 9.13. The van der Waals surface area contributed by atoms with E-state index in [9.17, 15) is 0 Å². The molecule has 2 bridgehead atoms. The lowest BCUT2D eigenvalue weighted by atomic mass is 9.95. The summed E-state index contributed by atoms with van der Waals surface area (Å²) >= 11 is 0. The number of aryl methyl sites for hydroxylation is 1. The topological polar surface area (TPSA) is 45.0 Å². The number of nitriles is 1. The lowest BCUT2D eigenvalue weighted by Crippen LogP contribution is -2.30. The molecule has 88 valence electrons. The second kappa shape index (κ2) is 4.05. The zero-order chi connectivity index (χ0) is 11.8. The number of nitrogens with zero attached hydrogens (tertiary/aromatic N) is 1. The van der Waals surface area contributed by atoms with Gasteiger partial charge >= 0.3 is 0 Å². The summed E-state index contributed by atoms with van der Waals surface area (Å²) in [4.78, 5) is 0. The highest BCUT2D eigenvalue weighted by atomic mass is 16.5. The van der Waals surface area contributed by atoms with Crippen LogP contribution in [0.4, 0.5) is 5.69 Å². The van der Waals surface area contributed by atoms with Gasteiger partial charge in [0.2, 0.25) is 0 Å². The van der Waals surface area contributed by atoms with Crippen LogP contribution >= 0.6 is 0 Å². The van der Waals surface area contributed by atoms with Crippen molar-refractivity contribution in [2.24, 2.45) is 0 Å². The van der Waals surface area contributed by atoms with Gasteiger partial charge in [0.1, 0.15) is 6.07 Å². The van der Waals surface area contributed by atoms with E-state index in [1.54, 1.807) is 0 Å². The molecular formula is C14H16N2O. The van der Waals surface area contributed by atoms with Crippen molar-refractivity contribution in [1.29, 1.82) is 5.26 Å². The molecule has 0 saturated carbocycles. The Kier molecular flexibility index (Phi) is 2.53. The van der Waals surface area contributed by atoms with E-state index in [1.165, 1.54) is 6.42 Å². The Hall–Kier alpha value is -1.53. The highest BCUT2D eigenvalue weighted by Crippen LogP contribution is 2.36. The summed E-state index contributed by atoms with van der Waals surface area (Å²) in [5.41, 5.74) is 2.79. The highest BCUT2D eigenvalue weighted by Gasteiger charge is 2.40. The molecule has 3 nitrogen and oxygen atoms in total. The molecule has 17 heavy (non-hydrogen) atoms. The first-order valence-corrected chi connectivity index (χ1v) is 6.19. The molecule has 2 heterocycles. The lowest BCUT2D eigenvalue weighted by Gasteiger charge is -2.21. The van der Waals surface area contributed by atoms with Crippen LogP contribution in [0.2, 0.25) is 0 Å². The number of hydrogen-bond donors (Lipinski definition) is 1. The minimum Gasteiger partial charge on any atom is -0.379 e. The maximum Gasteiger partial charge on any atom is 0.101 e. The number of anilines is 1. The molecule has 3 heteroatoms. The summed E-state index contributed by atoms with van der Waals surface area (Å²) in [6.45, 7) is 2.01. The Morgan fingerprint density at radius 2 is 2.29 bits per heavy atom. The minimum atomic E-state index is 0.341. The molecule has 1 aromatic carbocycles. The van der Waals surface area contributed by atoms with Crippen molar-refractivity contribution < 1.29 is 4.74 Å². The molecule has 3 unspecified atom stereocenters. The first-order chi connectivity index (χ1) is 8.26. The number of benzene rings is 1. The van der Waals surface area contributed by atoms with Gasteiger partial charge in [-0.3, -0.25) is 0 Å². The summed E-state index contributed by atoms with van der Waals surface area (Å²) in [6, 6.07) is 8.60. The Morgan fingerprint density at radius 1 is 1.41 bits per heavy atom. The van der Waals surface area contributed by atoms with Gasteiger partial charge in [0.25, 0.3) is 0 Å². The molecule has 0 amide bonds. The van der Waals surface area contributed by atoms with Crippen molar-refractivity contribution >= 4 is 5.69 Å². The van der Waals surface area contributed by atoms with Crippen LogP contribution in [0, 0.1) is 18.3 Å². The largest absolute Gasteiger partial charge is 0.379 e. The second-order valence-corrected chi connectivity index (χ2v) is 5.02. The van der Waals surface area contributed by atoms with Gasteiger partial charge < -0.3 is 10.1 Å². The van der Waals surface area contributed by atoms with Crippen LogP contribution in [0.5, 0.6) is 0 Å². The first kappa shape index (κ1) is 10.6. The van der Waals surface area contributed by atoms with Gasteiger partial charge in [0.15, 0.2) is 0 Å². The van der Waals surface area contributed by atoms with Crippen molar-refractivity contribution in [3.8, 4) is 6.07 Å². The Bertz CT molecular complexity index is 478. The first-order valence-electron chi connectivity index (χ1n) is 6.19. The fourth-order valence-electron chi connectivity index (χ4n) is 2.87. The fourth-order valence-corrected chi connectivity index (χ4v) is 2.87. The average molecular weight is 228 g/mol. The third-order valence-electron chi connectivity index (χ3n) is 3.74. The standard InChI is InChI=1S/C14H16N2O/c1-9-2-4-12(10(6-9)8-15)16-13-7-11-3-5-14(13)17-11/h2,4,6,11,13-14,16H,3,5,7H2,1H3. The summed E-state index contributed by atoms with van der Waals surface area (Å²) in [7, 11) is 0. The van der Waals surface area contributed by atoms with Crippen LogP contribution in [0.3, 0.4) is 0 Å². The third-order valence-corrected chi connectivity index (χ3v) is 3.74. The lowest BCUT2D eigenvalue weighted by molar-refractivity contribution is 0.102. The van der Waals surface area contributed by atoms with Crippen molar-refractivity contribution in [2.75, 3.05) is 5.32 Å². The van der Waals surface area contributed by atoms with E-state index in [-0.39, 0.29) is 0 Å². The molecule has 2 saturated heterocycles. The second-order valence-electron chi connectivity index (χ2n) is 5.02. The smallest absolute Gasteiger partial charge is 0.101 e. The van der Waals surface area contributed by atoms with E-state index >= 15 is 0 Å². The Morgan fingerprint density at radius 3 is 2.94 bits per heavy atom. The minimum absolute atomic E-state index is 0.341. The number of fused-ring (bicyclic) bond motifs is 2.